The van der Waals surface area contributed by atoms with Crippen molar-refractivity contribution < 1.29 is 13.9 Å². The van der Waals surface area contributed by atoms with E-state index in [0.717, 1.165) is 33.4 Å². The van der Waals surface area contributed by atoms with Crippen LogP contribution in [0, 0.1) is 6.92 Å². The maximum Gasteiger partial charge on any atom is 0.319 e. The van der Waals surface area contributed by atoms with Crippen molar-refractivity contribution in [2.24, 2.45) is 0 Å². The Labute approximate surface area is 191 Å². The first-order valence-corrected chi connectivity index (χ1v) is 10.5. The van der Waals surface area contributed by atoms with Crippen LogP contribution in [-0.4, -0.2) is 29.8 Å². The van der Waals surface area contributed by atoms with E-state index in [0.29, 0.717) is 23.3 Å². The number of nitrogens with zero attached hydrogens (tertiary/aromatic N) is 2. The van der Waals surface area contributed by atoms with Crippen molar-refractivity contribution in [1.82, 2.24) is 15.5 Å². The summed E-state index contributed by atoms with van der Waals surface area (Å²) in [6.07, 6.45) is 0. The predicted molar refractivity (Wildman–Crippen MR) is 124 cm³/mol. The number of nitrogens with one attached hydrogen (secondary N) is 1. The number of aromatic nitrogens is 2. The average Bonchev–Trinajstić information content (AvgIpc) is 3.31. The zero-order chi connectivity index (χ0) is 22.5. The summed E-state index contributed by atoms with van der Waals surface area (Å²) in [5, 5.41) is 12.1. The molecule has 32 heavy (non-hydrogen) atoms. The van der Waals surface area contributed by atoms with Gasteiger partial charge >= 0.3 is 5.97 Å². The summed E-state index contributed by atoms with van der Waals surface area (Å²) < 4.78 is 10.7. The Hall–Kier alpha value is -3.48. The molecule has 0 saturated carbocycles. The van der Waals surface area contributed by atoms with Crippen molar-refractivity contribution in [1.29, 1.82) is 0 Å². The van der Waals surface area contributed by atoms with Gasteiger partial charge in [0, 0.05) is 22.7 Å². The highest BCUT2D eigenvalue weighted by Crippen LogP contribution is 2.33. The molecule has 1 heterocycles. The molecule has 3 aromatic carbocycles. The second-order valence-corrected chi connectivity index (χ2v) is 7.65. The zero-order valence-corrected chi connectivity index (χ0v) is 18.5. The number of benzene rings is 3. The largest absolute Gasteiger partial charge is 0.468 e. The van der Waals surface area contributed by atoms with Gasteiger partial charge in [0.15, 0.2) is 0 Å². The van der Waals surface area contributed by atoms with Gasteiger partial charge < -0.3 is 14.5 Å². The predicted octanol–water partition coefficient (Wildman–Crippen LogP) is 5.30. The minimum atomic E-state index is -0.341. The molecular formula is C25H22ClN3O3. The van der Waals surface area contributed by atoms with Crippen molar-refractivity contribution in [2.75, 3.05) is 13.7 Å². The van der Waals surface area contributed by atoms with Crippen LogP contribution in [0.15, 0.2) is 71.1 Å². The number of esters is 1. The third-order valence-corrected chi connectivity index (χ3v) is 5.55. The average molecular weight is 448 g/mol. The number of carbonyl (C=O) groups excluding carboxylic acids is 1. The van der Waals surface area contributed by atoms with E-state index in [2.05, 4.69) is 45.4 Å². The van der Waals surface area contributed by atoms with Crippen LogP contribution in [0.25, 0.3) is 34.0 Å². The second kappa shape index (κ2) is 9.77. The second-order valence-electron chi connectivity index (χ2n) is 7.24. The molecule has 0 aliphatic carbocycles. The van der Waals surface area contributed by atoms with Gasteiger partial charge in [0.2, 0.25) is 11.8 Å². The van der Waals surface area contributed by atoms with Gasteiger partial charge in [-0.1, -0.05) is 54.1 Å². The fraction of sp³-hybridized carbons (Fsp3) is 0.160. The standard InChI is InChI=1S/C25H22ClN3O3/c1-16-20(17-7-4-3-5-8-17)9-6-10-21(16)25-29-28-24(32-25)18-11-12-22(26)19(13-18)14-27-15-23(30)31-2/h3-13,27H,14-15H2,1-2H3. The molecular weight excluding hydrogens is 426 g/mol. The van der Waals surface area contributed by atoms with Crippen molar-refractivity contribution in [2.45, 2.75) is 13.5 Å². The number of carbonyl (C=O) groups is 1. The monoisotopic (exact) mass is 447 g/mol. The number of hydrogen-bond acceptors (Lipinski definition) is 6. The molecule has 0 fully saturated rings. The SMILES string of the molecule is COC(=O)CNCc1cc(-c2nnc(-c3cccc(-c4ccccc4)c3C)o2)ccc1Cl. The molecule has 0 amide bonds. The summed E-state index contributed by atoms with van der Waals surface area (Å²) in [7, 11) is 1.35. The normalized spacial score (nSPS) is 10.8. The molecule has 162 valence electrons. The minimum Gasteiger partial charge on any atom is -0.468 e. The molecule has 4 aromatic rings. The molecule has 0 atom stereocenters. The number of methoxy groups -OCH3 is 1. The number of halogens is 1. The molecule has 0 aliphatic heterocycles. The molecule has 4 rings (SSSR count). The highest BCUT2D eigenvalue weighted by Gasteiger charge is 2.16. The van der Waals surface area contributed by atoms with Crippen LogP contribution in [0.1, 0.15) is 11.1 Å². The summed E-state index contributed by atoms with van der Waals surface area (Å²) in [6, 6.07) is 21.7. The zero-order valence-electron chi connectivity index (χ0n) is 17.8. The molecule has 0 spiro atoms. The molecule has 0 unspecified atom stereocenters. The van der Waals surface area contributed by atoms with Crippen LogP contribution in [0.5, 0.6) is 0 Å². The lowest BCUT2D eigenvalue weighted by Gasteiger charge is -2.09. The van der Waals surface area contributed by atoms with Gasteiger partial charge in [-0.3, -0.25) is 4.79 Å². The molecule has 0 aliphatic rings. The topological polar surface area (TPSA) is 77.2 Å². The third kappa shape index (κ3) is 4.72. The summed E-state index contributed by atoms with van der Waals surface area (Å²) in [5.41, 5.74) is 5.77. The van der Waals surface area contributed by atoms with Crippen molar-refractivity contribution in [3.8, 4) is 34.0 Å². The van der Waals surface area contributed by atoms with Crippen LogP contribution < -0.4 is 5.32 Å². The van der Waals surface area contributed by atoms with Crippen LogP contribution in [0.4, 0.5) is 0 Å². The maximum absolute atomic E-state index is 11.3. The van der Waals surface area contributed by atoms with Gasteiger partial charge in [0.1, 0.15) is 0 Å². The first-order valence-electron chi connectivity index (χ1n) is 10.1. The number of ether oxygens (including phenoxy) is 1. The van der Waals surface area contributed by atoms with Crippen molar-refractivity contribution >= 4 is 17.6 Å². The van der Waals surface area contributed by atoms with E-state index in [4.69, 9.17) is 16.0 Å². The smallest absolute Gasteiger partial charge is 0.319 e. The van der Waals surface area contributed by atoms with Crippen molar-refractivity contribution in [3.63, 3.8) is 0 Å². The van der Waals surface area contributed by atoms with E-state index in [1.807, 2.05) is 42.5 Å². The quantitative estimate of drug-likeness (QED) is 0.387. The Morgan fingerprint density at radius 2 is 1.72 bits per heavy atom. The Morgan fingerprint density at radius 3 is 2.50 bits per heavy atom. The fourth-order valence-electron chi connectivity index (χ4n) is 3.46. The number of hydrogen-bond donors (Lipinski definition) is 1. The highest BCUT2D eigenvalue weighted by atomic mass is 35.5. The van der Waals surface area contributed by atoms with Gasteiger partial charge in [-0.25, -0.2) is 0 Å². The first kappa shape index (κ1) is 21.7. The fourth-order valence-corrected chi connectivity index (χ4v) is 3.65. The van der Waals surface area contributed by atoms with Crippen LogP contribution >= 0.6 is 11.6 Å². The Kier molecular flexibility index (Phi) is 6.63. The molecule has 1 aromatic heterocycles. The Bertz CT molecular complexity index is 1240. The molecule has 0 saturated heterocycles. The van der Waals surface area contributed by atoms with Gasteiger partial charge in [-0.05, 0) is 53.4 Å². The van der Waals surface area contributed by atoms with E-state index in [1.165, 1.54) is 7.11 Å². The molecule has 6 nitrogen and oxygen atoms in total. The van der Waals surface area contributed by atoms with E-state index < -0.39 is 0 Å². The molecule has 0 radical (unpaired) electrons. The lowest BCUT2D eigenvalue weighted by Crippen LogP contribution is -2.23. The maximum atomic E-state index is 11.3. The van der Waals surface area contributed by atoms with E-state index in [1.54, 1.807) is 6.07 Å². The highest BCUT2D eigenvalue weighted by molar-refractivity contribution is 6.31. The van der Waals surface area contributed by atoms with Crippen molar-refractivity contribution in [3.05, 3.63) is 82.9 Å². The van der Waals surface area contributed by atoms with Crippen LogP contribution in [0.2, 0.25) is 5.02 Å². The lowest BCUT2D eigenvalue weighted by atomic mass is 9.96. The van der Waals surface area contributed by atoms with E-state index in [9.17, 15) is 4.79 Å². The van der Waals surface area contributed by atoms with Crippen LogP contribution in [-0.2, 0) is 16.1 Å². The summed E-state index contributed by atoms with van der Waals surface area (Å²) in [5.74, 6) is 0.512. The van der Waals surface area contributed by atoms with E-state index >= 15 is 0 Å². The minimum absolute atomic E-state index is 0.0960. The Morgan fingerprint density at radius 1 is 0.969 bits per heavy atom. The molecule has 7 heteroatoms. The summed E-state index contributed by atoms with van der Waals surface area (Å²) in [6.45, 7) is 2.55. The molecule has 1 N–H and O–H groups in total. The van der Waals surface area contributed by atoms with Gasteiger partial charge in [-0.2, -0.15) is 0 Å². The van der Waals surface area contributed by atoms with Gasteiger partial charge in [-0.15, -0.1) is 10.2 Å². The summed E-state index contributed by atoms with van der Waals surface area (Å²) in [4.78, 5) is 11.3. The third-order valence-electron chi connectivity index (χ3n) is 5.18. The first-order chi connectivity index (χ1) is 15.6. The lowest BCUT2D eigenvalue weighted by molar-refractivity contribution is -0.139. The van der Waals surface area contributed by atoms with Gasteiger partial charge in [0.25, 0.3) is 0 Å². The molecule has 0 bridgehead atoms. The van der Waals surface area contributed by atoms with Crippen LogP contribution in [0.3, 0.4) is 0 Å². The summed E-state index contributed by atoms with van der Waals surface area (Å²) >= 11 is 6.31. The van der Waals surface area contributed by atoms with E-state index in [-0.39, 0.29) is 12.5 Å². The Balaban J connectivity index is 1.60. The number of rotatable bonds is 7. The van der Waals surface area contributed by atoms with Gasteiger partial charge in [0.05, 0.1) is 13.7 Å².